The summed E-state index contributed by atoms with van der Waals surface area (Å²) in [6.07, 6.45) is 1.19. The number of carbonyl (C=O) groups is 1. The van der Waals surface area contributed by atoms with Crippen molar-refractivity contribution < 1.29 is 27.0 Å². The summed E-state index contributed by atoms with van der Waals surface area (Å²) in [6, 6.07) is 16.1. The zero-order valence-electron chi connectivity index (χ0n) is 16.5. The highest BCUT2D eigenvalue weighted by atomic mass is 32.2. The molecule has 0 aliphatic carbocycles. The van der Waals surface area contributed by atoms with Gasteiger partial charge in [0.2, 0.25) is 0 Å². The highest BCUT2D eigenvalue weighted by molar-refractivity contribution is 7.85. The van der Waals surface area contributed by atoms with Crippen LogP contribution in [0.2, 0.25) is 0 Å². The van der Waals surface area contributed by atoms with Crippen LogP contribution in [0.4, 0.5) is 0 Å². The van der Waals surface area contributed by atoms with Crippen LogP contribution in [0.25, 0.3) is 0 Å². The lowest BCUT2D eigenvalue weighted by molar-refractivity contribution is -0.903. The van der Waals surface area contributed by atoms with Gasteiger partial charge in [0.15, 0.2) is 0 Å². The maximum Gasteiger partial charge on any atom is 0.330 e. The summed E-state index contributed by atoms with van der Waals surface area (Å²) in [7, 11) is -0.0300. The number of esters is 1. The van der Waals surface area contributed by atoms with Crippen molar-refractivity contribution in [3.05, 3.63) is 78.4 Å². The number of nitrogens with zero attached hydrogens (tertiary/aromatic N) is 1. The molecular formula is C21H27NO5S. The number of aryl methyl sites for hydroxylation is 1. The summed E-state index contributed by atoms with van der Waals surface area (Å²) in [5, 5.41) is 0. The second-order valence-corrected chi connectivity index (χ2v) is 8.32. The second kappa shape index (κ2) is 10.8. The number of quaternary nitrogens is 1. The van der Waals surface area contributed by atoms with Gasteiger partial charge < -0.3 is 13.8 Å². The lowest BCUT2D eigenvalue weighted by atomic mass is 10.2. The van der Waals surface area contributed by atoms with Gasteiger partial charge in [-0.05, 0) is 19.1 Å². The minimum atomic E-state index is -4.27. The van der Waals surface area contributed by atoms with E-state index in [9.17, 15) is 17.8 Å². The fourth-order valence-corrected chi connectivity index (χ4v) is 2.78. The van der Waals surface area contributed by atoms with Crippen LogP contribution < -0.4 is 0 Å². The number of ether oxygens (including phenoxy) is 1. The molecule has 0 saturated carbocycles. The zero-order chi connectivity index (χ0) is 21.2. The van der Waals surface area contributed by atoms with Gasteiger partial charge in [0.25, 0.3) is 0 Å². The predicted molar refractivity (Wildman–Crippen MR) is 107 cm³/mol. The van der Waals surface area contributed by atoms with Crippen molar-refractivity contribution in [3.8, 4) is 0 Å². The molecule has 2 aromatic rings. The van der Waals surface area contributed by atoms with Gasteiger partial charge in [-0.3, -0.25) is 0 Å². The average Bonchev–Trinajstić information content (AvgIpc) is 2.62. The van der Waals surface area contributed by atoms with Crippen LogP contribution in [-0.4, -0.2) is 50.7 Å². The molecule has 152 valence electrons. The Kier molecular flexibility index (Phi) is 9.05. The third kappa shape index (κ3) is 9.45. The second-order valence-electron chi connectivity index (χ2n) is 6.94. The van der Waals surface area contributed by atoms with Crippen LogP contribution in [0.5, 0.6) is 0 Å². The molecule has 6 nitrogen and oxygen atoms in total. The number of likely N-dealkylation sites (N-methyl/N-ethyl adjacent to an activating group) is 1. The maximum atomic E-state index is 10.9. The normalized spacial score (nSPS) is 11.1. The summed E-state index contributed by atoms with van der Waals surface area (Å²) < 4.78 is 36.9. The summed E-state index contributed by atoms with van der Waals surface area (Å²) in [5.74, 6) is -0.357. The van der Waals surface area contributed by atoms with E-state index in [4.69, 9.17) is 4.74 Å². The minimum Gasteiger partial charge on any atom is -0.744 e. The standard InChI is InChI=1S/C14H20NO2.C7H8O3S/c1-4-14(16)17-11-10-15(2,3)12-13-8-6-5-7-9-13;1-6-2-4-7(5-3-6)11(8,9)10/h4-9H,1,10-12H2,2-3H3;2-5H,1H3,(H,8,9,10)/q+1;/p-1. The van der Waals surface area contributed by atoms with Gasteiger partial charge in [0.05, 0.1) is 19.0 Å². The topological polar surface area (TPSA) is 83.5 Å². The van der Waals surface area contributed by atoms with Gasteiger partial charge in [-0.15, -0.1) is 0 Å². The van der Waals surface area contributed by atoms with Crippen molar-refractivity contribution in [2.24, 2.45) is 0 Å². The Morgan fingerprint density at radius 2 is 1.68 bits per heavy atom. The highest BCUT2D eigenvalue weighted by Gasteiger charge is 2.16. The van der Waals surface area contributed by atoms with Crippen molar-refractivity contribution >= 4 is 16.1 Å². The molecule has 2 aromatic carbocycles. The first-order chi connectivity index (χ1) is 13.0. The first kappa shape index (κ1) is 23.6. The van der Waals surface area contributed by atoms with Crippen LogP contribution >= 0.6 is 0 Å². The fraction of sp³-hybridized carbons (Fsp3) is 0.286. The maximum absolute atomic E-state index is 10.9. The monoisotopic (exact) mass is 405 g/mol. The molecule has 0 heterocycles. The van der Waals surface area contributed by atoms with Crippen molar-refractivity contribution in [2.45, 2.75) is 18.4 Å². The van der Waals surface area contributed by atoms with Crippen molar-refractivity contribution in [1.82, 2.24) is 0 Å². The molecule has 0 aliphatic rings. The van der Waals surface area contributed by atoms with Crippen LogP contribution in [0.1, 0.15) is 11.1 Å². The Morgan fingerprint density at radius 3 is 2.18 bits per heavy atom. The molecule has 0 N–H and O–H groups in total. The Morgan fingerprint density at radius 1 is 1.11 bits per heavy atom. The summed E-state index contributed by atoms with van der Waals surface area (Å²) in [5.41, 5.74) is 2.21. The molecule has 0 bridgehead atoms. The van der Waals surface area contributed by atoms with Gasteiger partial charge in [-0.2, -0.15) is 0 Å². The number of rotatable bonds is 7. The van der Waals surface area contributed by atoms with Gasteiger partial charge >= 0.3 is 5.97 Å². The van der Waals surface area contributed by atoms with Crippen molar-refractivity contribution in [2.75, 3.05) is 27.2 Å². The highest BCUT2D eigenvalue weighted by Crippen LogP contribution is 2.09. The van der Waals surface area contributed by atoms with E-state index in [2.05, 4.69) is 32.8 Å². The Balaban J connectivity index is 0.000000307. The van der Waals surface area contributed by atoms with Crippen molar-refractivity contribution in [3.63, 3.8) is 0 Å². The van der Waals surface area contributed by atoms with Crippen LogP contribution in [-0.2, 0) is 26.2 Å². The molecule has 0 atom stereocenters. The van der Waals surface area contributed by atoms with Crippen LogP contribution in [0.3, 0.4) is 0 Å². The van der Waals surface area contributed by atoms with Crippen molar-refractivity contribution in [1.29, 1.82) is 0 Å². The molecule has 2 rings (SSSR count). The number of benzene rings is 2. The largest absolute Gasteiger partial charge is 0.744 e. The molecule has 0 amide bonds. The van der Waals surface area contributed by atoms with Gasteiger partial charge in [-0.25, -0.2) is 13.2 Å². The van der Waals surface area contributed by atoms with Gasteiger partial charge in [-0.1, -0.05) is 54.6 Å². The van der Waals surface area contributed by atoms with E-state index in [0.29, 0.717) is 6.61 Å². The van der Waals surface area contributed by atoms with Gasteiger partial charge in [0, 0.05) is 11.6 Å². The molecule has 28 heavy (non-hydrogen) atoms. The van der Waals surface area contributed by atoms with E-state index in [1.807, 2.05) is 25.1 Å². The van der Waals surface area contributed by atoms with Gasteiger partial charge in [0.1, 0.15) is 29.8 Å². The molecule has 0 fully saturated rings. The first-order valence-corrected chi connectivity index (χ1v) is 10.1. The Bertz CT molecular complexity index is 859. The number of hydrogen-bond donors (Lipinski definition) is 0. The number of carbonyl (C=O) groups excluding carboxylic acids is 1. The lowest BCUT2D eigenvalue weighted by Gasteiger charge is -2.29. The predicted octanol–water partition coefficient (Wildman–Crippen LogP) is 2.89. The van der Waals surface area contributed by atoms with Crippen LogP contribution in [0.15, 0.2) is 72.1 Å². The third-order valence-electron chi connectivity index (χ3n) is 3.87. The van der Waals surface area contributed by atoms with E-state index in [0.717, 1.165) is 23.1 Å². The molecule has 0 unspecified atom stereocenters. The van der Waals surface area contributed by atoms with E-state index in [1.165, 1.54) is 23.8 Å². The van der Waals surface area contributed by atoms with E-state index in [-0.39, 0.29) is 10.9 Å². The summed E-state index contributed by atoms with van der Waals surface area (Å²) in [6.45, 7) is 7.32. The summed E-state index contributed by atoms with van der Waals surface area (Å²) >= 11 is 0. The Hall–Kier alpha value is -2.48. The quantitative estimate of drug-likeness (QED) is 0.306. The smallest absolute Gasteiger partial charge is 0.330 e. The number of hydrogen-bond acceptors (Lipinski definition) is 5. The molecule has 7 heteroatoms. The van der Waals surface area contributed by atoms with E-state index < -0.39 is 10.1 Å². The zero-order valence-corrected chi connectivity index (χ0v) is 17.3. The molecule has 0 aliphatic heterocycles. The minimum absolute atomic E-state index is 0.178. The van der Waals surface area contributed by atoms with E-state index >= 15 is 0 Å². The molecule has 0 radical (unpaired) electrons. The first-order valence-electron chi connectivity index (χ1n) is 8.71. The third-order valence-corrected chi connectivity index (χ3v) is 4.72. The van der Waals surface area contributed by atoms with E-state index in [1.54, 1.807) is 12.1 Å². The molecular weight excluding hydrogens is 378 g/mol. The molecule has 0 spiro atoms. The average molecular weight is 406 g/mol. The Labute approximate surface area is 167 Å². The molecule has 0 aromatic heterocycles. The van der Waals surface area contributed by atoms with Crippen LogP contribution in [0, 0.1) is 6.92 Å². The fourth-order valence-electron chi connectivity index (χ4n) is 2.31. The molecule has 0 saturated heterocycles. The SMILES string of the molecule is C=CC(=O)OCC[N+](C)(C)Cc1ccccc1.Cc1ccc(S(=O)(=O)[O-])cc1. The lowest BCUT2D eigenvalue weighted by Crippen LogP contribution is -2.41. The summed E-state index contributed by atoms with van der Waals surface area (Å²) in [4.78, 5) is 10.7.